The standard InChI is InChI=1S/C13H14BrN3O/c1-9-3-11(5-12(14)4-9)13(18)17(2)8-10-6-15-16-7-10/h3-7H,8H2,1-2H3,(H,15,16). The van der Waals surface area contributed by atoms with Crippen LogP contribution in [0.25, 0.3) is 0 Å². The number of halogens is 1. The molecule has 0 unspecified atom stereocenters. The molecular weight excluding hydrogens is 294 g/mol. The Balaban J connectivity index is 2.15. The number of benzene rings is 1. The zero-order valence-electron chi connectivity index (χ0n) is 10.3. The van der Waals surface area contributed by atoms with Gasteiger partial charge in [0.25, 0.3) is 5.91 Å². The maximum Gasteiger partial charge on any atom is 0.253 e. The van der Waals surface area contributed by atoms with Crippen molar-refractivity contribution in [1.29, 1.82) is 0 Å². The van der Waals surface area contributed by atoms with Gasteiger partial charge < -0.3 is 4.90 Å². The predicted molar refractivity (Wildman–Crippen MR) is 73.3 cm³/mol. The van der Waals surface area contributed by atoms with Gasteiger partial charge in [-0.15, -0.1) is 0 Å². The molecule has 1 aromatic heterocycles. The molecule has 0 aliphatic rings. The highest BCUT2D eigenvalue weighted by atomic mass is 79.9. The Morgan fingerprint density at radius 1 is 1.44 bits per heavy atom. The van der Waals surface area contributed by atoms with Crippen LogP contribution in [0.2, 0.25) is 0 Å². The van der Waals surface area contributed by atoms with Gasteiger partial charge in [0, 0.05) is 35.4 Å². The van der Waals surface area contributed by atoms with E-state index >= 15 is 0 Å². The van der Waals surface area contributed by atoms with Crippen LogP contribution in [0.4, 0.5) is 0 Å². The first-order valence-corrected chi connectivity index (χ1v) is 6.36. The van der Waals surface area contributed by atoms with Crippen molar-refractivity contribution in [2.75, 3.05) is 7.05 Å². The molecule has 2 aromatic rings. The van der Waals surface area contributed by atoms with Gasteiger partial charge in [0.15, 0.2) is 0 Å². The smallest absolute Gasteiger partial charge is 0.253 e. The number of carbonyl (C=O) groups is 1. The Hall–Kier alpha value is -1.62. The lowest BCUT2D eigenvalue weighted by Crippen LogP contribution is -2.26. The molecule has 0 spiro atoms. The normalized spacial score (nSPS) is 10.4. The molecule has 1 aromatic carbocycles. The Morgan fingerprint density at radius 3 is 2.83 bits per heavy atom. The van der Waals surface area contributed by atoms with Crippen molar-refractivity contribution in [3.63, 3.8) is 0 Å². The Morgan fingerprint density at radius 2 is 2.22 bits per heavy atom. The summed E-state index contributed by atoms with van der Waals surface area (Å²) in [7, 11) is 1.78. The van der Waals surface area contributed by atoms with Gasteiger partial charge in [-0.1, -0.05) is 15.9 Å². The lowest BCUT2D eigenvalue weighted by Gasteiger charge is -2.16. The van der Waals surface area contributed by atoms with E-state index in [1.807, 2.05) is 25.1 Å². The van der Waals surface area contributed by atoms with Gasteiger partial charge in [0.05, 0.1) is 6.20 Å². The minimum atomic E-state index is 0.000556. The van der Waals surface area contributed by atoms with Crippen molar-refractivity contribution in [2.24, 2.45) is 0 Å². The SMILES string of the molecule is Cc1cc(Br)cc(C(=O)N(C)Cc2cn[nH]c2)c1. The zero-order chi connectivity index (χ0) is 13.1. The average molecular weight is 308 g/mol. The van der Waals surface area contributed by atoms with Crippen molar-refractivity contribution in [2.45, 2.75) is 13.5 Å². The van der Waals surface area contributed by atoms with Crippen LogP contribution < -0.4 is 0 Å². The van der Waals surface area contributed by atoms with Gasteiger partial charge in [0.2, 0.25) is 0 Å². The van der Waals surface area contributed by atoms with Gasteiger partial charge in [-0.2, -0.15) is 5.10 Å². The van der Waals surface area contributed by atoms with E-state index in [9.17, 15) is 4.79 Å². The molecule has 0 fully saturated rings. The summed E-state index contributed by atoms with van der Waals surface area (Å²) in [5, 5.41) is 6.60. The van der Waals surface area contributed by atoms with Crippen LogP contribution in [0.5, 0.6) is 0 Å². The summed E-state index contributed by atoms with van der Waals surface area (Å²) in [6.07, 6.45) is 3.51. The topological polar surface area (TPSA) is 49.0 Å². The largest absolute Gasteiger partial charge is 0.337 e. The highest BCUT2D eigenvalue weighted by Gasteiger charge is 2.13. The average Bonchev–Trinajstić information content (AvgIpc) is 2.79. The third-order valence-corrected chi connectivity index (χ3v) is 3.07. The van der Waals surface area contributed by atoms with E-state index in [1.54, 1.807) is 24.3 Å². The molecule has 0 saturated heterocycles. The molecular formula is C13H14BrN3O. The number of rotatable bonds is 3. The highest BCUT2D eigenvalue weighted by Crippen LogP contribution is 2.17. The van der Waals surface area contributed by atoms with Crippen molar-refractivity contribution in [3.8, 4) is 0 Å². The summed E-state index contributed by atoms with van der Waals surface area (Å²) in [6.45, 7) is 2.51. The predicted octanol–water partition coefficient (Wildman–Crippen LogP) is 2.75. The highest BCUT2D eigenvalue weighted by molar-refractivity contribution is 9.10. The molecule has 0 atom stereocenters. The van der Waals surface area contributed by atoms with E-state index in [0.717, 1.165) is 15.6 Å². The first kappa shape index (κ1) is 12.8. The third kappa shape index (κ3) is 2.98. The number of hydrogen-bond donors (Lipinski definition) is 1. The van der Waals surface area contributed by atoms with Crippen LogP contribution in [0.1, 0.15) is 21.5 Å². The second-order valence-corrected chi connectivity index (χ2v) is 5.20. The fourth-order valence-corrected chi connectivity index (χ4v) is 2.40. The van der Waals surface area contributed by atoms with Crippen LogP contribution in [0.3, 0.4) is 0 Å². The number of aromatic nitrogens is 2. The molecule has 0 bridgehead atoms. The van der Waals surface area contributed by atoms with E-state index in [-0.39, 0.29) is 5.91 Å². The molecule has 0 radical (unpaired) electrons. The number of H-pyrrole nitrogens is 1. The van der Waals surface area contributed by atoms with E-state index < -0.39 is 0 Å². The van der Waals surface area contributed by atoms with Gasteiger partial charge >= 0.3 is 0 Å². The quantitative estimate of drug-likeness (QED) is 0.948. The Kier molecular flexibility index (Phi) is 3.81. The minimum absolute atomic E-state index is 0.000556. The molecule has 0 aliphatic carbocycles. The lowest BCUT2D eigenvalue weighted by molar-refractivity contribution is 0.0785. The van der Waals surface area contributed by atoms with Crippen molar-refractivity contribution >= 4 is 21.8 Å². The molecule has 0 aliphatic heterocycles. The molecule has 0 saturated carbocycles. The van der Waals surface area contributed by atoms with E-state index in [2.05, 4.69) is 26.1 Å². The fraction of sp³-hybridized carbons (Fsp3) is 0.231. The second-order valence-electron chi connectivity index (χ2n) is 4.29. The number of hydrogen-bond acceptors (Lipinski definition) is 2. The molecule has 18 heavy (non-hydrogen) atoms. The summed E-state index contributed by atoms with van der Waals surface area (Å²) in [5.74, 6) is 0.000556. The van der Waals surface area contributed by atoms with Crippen LogP contribution in [0.15, 0.2) is 35.1 Å². The van der Waals surface area contributed by atoms with Gasteiger partial charge in [0.1, 0.15) is 0 Å². The number of nitrogens with zero attached hydrogens (tertiary/aromatic N) is 2. The van der Waals surface area contributed by atoms with Crippen LogP contribution >= 0.6 is 15.9 Å². The Bertz CT molecular complexity index is 531. The van der Waals surface area contributed by atoms with E-state index in [1.165, 1.54) is 0 Å². The molecule has 94 valence electrons. The Labute approximate surface area is 114 Å². The van der Waals surface area contributed by atoms with Crippen LogP contribution in [0, 0.1) is 6.92 Å². The number of carbonyl (C=O) groups excluding carboxylic acids is 1. The summed E-state index contributed by atoms with van der Waals surface area (Å²) in [6, 6.07) is 5.70. The van der Waals surface area contributed by atoms with Crippen LogP contribution in [-0.2, 0) is 6.54 Å². The van der Waals surface area contributed by atoms with E-state index in [0.29, 0.717) is 12.1 Å². The lowest BCUT2D eigenvalue weighted by atomic mass is 10.1. The molecule has 5 heteroatoms. The summed E-state index contributed by atoms with van der Waals surface area (Å²) < 4.78 is 0.919. The first-order chi connectivity index (χ1) is 8.56. The van der Waals surface area contributed by atoms with Crippen molar-refractivity contribution in [3.05, 3.63) is 51.8 Å². The number of nitrogens with one attached hydrogen (secondary N) is 1. The first-order valence-electron chi connectivity index (χ1n) is 5.56. The van der Waals surface area contributed by atoms with Gasteiger partial charge in [-0.3, -0.25) is 9.89 Å². The zero-order valence-corrected chi connectivity index (χ0v) is 11.9. The molecule has 2 rings (SSSR count). The number of aryl methyl sites for hydroxylation is 1. The molecule has 1 amide bonds. The maximum absolute atomic E-state index is 12.2. The van der Waals surface area contributed by atoms with Crippen molar-refractivity contribution < 1.29 is 4.79 Å². The van der Waals surface area contributed by atoms with Crippen LogP contribution in [-0.4, -0.2) is 28.1 Å². The van der Waals surface area contributed by atoms with Gasteiger partial charge in [-0.05, 0) is 30.7 Å². The third-order valence-electron chi connectivity index (χ3n) is 2.61. The van der Waals surface area contributed by atoms with Gasteiger partial charge in [-0.25, -0.2) is 0 Å². The minimum Gasteiger partial charge on any atom is -0.337 e. The summed E-state index contributed by atoms with van der Waals surface area (Å²) >= 11 is 3.41. The molecule has 4 nitrogen and oxygen atoms in total. The summed E-state index contributed by atoms with van der Waals surface area (Å²) in [5.41, 5.74) is 2.73. The number of amides is 1. The second kappa shape index (κ2) is 5.35. The fourth-order valence-electron chi connectivity index (χ4n) is 1.79. The summed E-state index contributed by atoms with van der Waals surface area (Å²) in [4.78, 5) is 13.9. The van der Waals surface area contributed by atoms with E-state index in [4.69, 9.17) is 0 Å². The monoisotopic (exact) mass is 307 g/mol. The molecule has 1 heterocycles. The number of aromatic amines is 1. The van der Waals surface area contributed by atoms with Crippen molar-refractivity contribution in [1.82, 2.24) is 15.1 Å². The maximum atomic E-state index is 12.2. The molecule has 1 N–H and O–H groups in total.